The summed E-state index contributed by atoms with van der Waals surface area (Å²) < 4.78 is 20.8. The van der Waals surface area contributed by atoms with Crippen LogP contribution in [0.5, 0.6) is 0 Å². The molecule has 0 saturated heterocycles. The van der Waals surface area contributed by atoms with E-state index in [1.807, 2.05) is 53.2 Å². The number of carbonyl (C=O) groups is 1. The van der Waals surface area contributed by atoms with E-state index in [0.717, 1.165) is 29.8 Å². The molecule has 0 fully saturated rings. The Kier molecular flexibility index (Phi) is 8.24. The number of ether oxygens (including phenoxy) is 1. The van der Waals surface area contributed by atoms with E-state index in [0.29, 0.717) is 26.2 Å². The van der Waals surface area contributed by atoms with E-state index >= 15 is 0 Å². The molecule has 0 atom stereocenters. The van der Waals surface area contributed by atoms with Gasteiger partial charge >= 0.3 is 6.03 Å². The first-order valence-electron chi connectivity index (χ1n) is 10.6. The molecule has 5 nitrogen and oxygen atoms in total. The number of methoxy groups -OCH3 is 1. The molecule has 0 bridgehead atoms. The maximum absolute atomic E-state index is 13.6. The normalized spacial score (nSPS) is 10.8. The average Bonchev–Trinajstić information content (AvgIpc) is 3.19. The molecule has 0 aliphatic carbocycles. The van der Waals surface area contributed by atoms with E-state index in [1.165, 1.54) is 17.7 Å². The molecule has 0 spiro atoms. The minimum atomic E-state index is -0.249. The van der Waals surface area contributed by atoms with Crippen LogP contribution in [-0.4, -0.2) is 35.8 Å². The van der Waals surface area contributed by atoms with Gasteiger partial charge in [0.1, 0.15) is 5.82 Å². The summed E-state index contributed by atoms with van der Waals surface area (Å²) in [6, 6.07) is 18.3. The number of hydrogen-bond donors (Lipinski definition) is 1. The van der Waals surface area contributed by atoms with Crippen LogP contribution in [0.25, 0.3) is 0 Å². The maximum Gasteiger partial charge on any atom is 0.322 e. The Morgan fingerprint density at radius 2 is 1.90 bits per heavy atom. The van der Waals surface area contributed by atoms with Crippen molar-refractivity contribution in [3.8, 4) is 0 Å². The van der Waals surface area contributed by atoms with Gasteiger partial charge in [-0.1, -0.05) is 31.2 Å². The van der Waals surface area contributed by atoms with Crippen LogP contribution in [0.3, 0.4) is 0 Å². The van der Waals surface area contributed by atoms with Gasteiger partial charge in [0, 0.05) is 44.4 Å². The number of urea groups is 1. The van der Waals surface area contributed by atoms with Crippen molar-refractivity contribution in [1.82, 2.24) is 9.47 Å². The highest BCUT2D eigenvalue weighted by atomic mass is 19.1. The Bertz CT molecular complexity index is 986. The molecule has 2 amide bonds. The van der Waals surface area contributed by atoms with Crippen molar-refractivity contribution in [3.05, 3.63) is 89.5 Å². The van der Waals surface area contributed by atoms with Crippen LogP contribution in [0.2, 0.25) is 0 Å². The molecule has 3 rings (SSSR count). The molecule has 0 radical (unpaired) electrons. The van der Waals surface area contributed by atoms with Gasteiger partial charge in [0.05, 0.1) is 6.54 Å². The van der Waals surface area contributed by atoms with Gasteiger partial charge in [0.15, 0.2) is 0 Å². The van der Waals surface area contributed by atoms with Crippen molar-refractivity contribution in [1.29, 1.82) is 0 Å². The maximum atomic E-state index is 13.6. The van der Waals surface area contributed by atoms with Crippen molar-refractivity contribution in [2.75, 3.05) is 25.6 Å². The van der Waals surface area contributed by atoms with E-state index in [4.69, 9.17) is 4.74 Å². The number of aryl methyl sites for hydroxylation is 1. The number of benzene rings is 2. The van der Waals surface area contributed by atoms with Crippen LogP contribution in [0.15, 0.2) is 66.9 Å². The van der Waals surface area contributed by atoms with Crippen LogP contribution < -0.4 is 5.32 Å². The topological polar surface area (TPSA) is 46.5 Å². The zero-order valence-electron chi connectivity index (χ0n) is 18.2. The van der Waals surface area contributed by atoms with Crippen molar-refractivity contribution < 1.29 is 13.9 Å². The highest BCUT2D eigenvalue weighted by Gasteiger charge is 2.16. The molecular weight excluding hydrogens is 393 g/mol. The van der Waals surface area contributed by atoms with E-state index in [1.54, 1.807) is 18.1 Å². The zero-order valence-corrected chi connectivity index (χ0v) is 18.2. The fourth-order valence-electron chi connectivity index (χ4n) is 3.50. The Morgan fingerprint density at radius 1 is 1.10 bits per heavy atom. The number of aromatic nitrogens is 1. The number of amides is 2. The van der Waals surface area contributed by atoms with Crippen LogP contribution in [0.1, 0.15) is 30.2 Å². The molecule has 6 heteroatoms. The fourth-order valence-corrected chi connectivity index (χ4v) is 3.50. The van der Waals surface area contributed by atoms with E-state index in [-0.39, 0.29) is 11.8 Å². The smallest absolute Gasteiger partial charge is 0.322 e. The summed E-state index contributed by atoms with van der Waals surface area (Å²) in [4.78, 5) is 14.8. The molecule has 3 aromatic rings. The van der Waals surface area contributed by atoms with Crippen molar-refractivity contribution >= 4 is 11.7 Å². The van der Waals surface area contributed by atoms with Crippen LogP contribution in [-0.2, 0) is 24.2 Å². The number of rotatable bonds is 10. The molecule has 0 aliphatic heterocycles. The van der Waals surface area contributed by atoms with E-state index in [2.05, 4.69) is 12.2 Å². The second-order valence-corrected chi connectivity index (χ2v) is 7.51. The quantitative estimate of drug-likeness (QED) is 0.449. The SMILES string of the molecule is CCc1cccc(NC(=O)N(CCCOC)Cc2cccn2Cc2cccc(F)c2)c1. The second kappa shape index (κ2) is 11.3. The summed E-state index contributed by atoms with van der Waals surface area (Å²) >= 11 is 0. The highest BCUT2D eigenvalue weighted by molar-refractivity contribution is 5.89. The molecule has 164 valence electrons. The van der Waals surface area contributed by atoms with Gasteiger partial charge in [-0.3, -0.25) is 0 Å². The Morgan fingerprint density at radius 3 is 2.68 bits per heavy atom. The molecule has 31 heavy (non-hydrogen) atoms. The number of hydrogen-bond acceptors (Lipinski definition) is 2. The molecule has 0 unspecified atom stereocenters. The first-order chi connectivity index (χ1) is 15.1. The summed E-state index contributed by atoms with van der Waals surface area (Å²) in [5.41, 5.74) is 3.83. The lowest BCUT2D eigenvalue weighted by atomic mass is 10.1. The van der Waals surface area contributed by atoms with Gasteiger partial charge in [0.2, 0.25) is 0 Å². The lowest BCUT2D eigenvalue weighted by Crippen LogP contribution is -2.36. The summed E-state index contributed by atoms with van der Waals surface area (Å²) in [7, 11) is 1.66. The number of carbonyl (C=O) groups excluding carboxylic acids is 1. The van der Waals surface area contributed by atoms with Gasteiger partial charge in [-0.15, -0.1) is 0 Å². The van der Waals surface area contributed by atoms with Crippen LogP contribution in [0.4, 0.5) is 14.9 Å². The average molecular weight is 424 g/mol. The first-order valence-corrected chi connectivity index (χ1v) is 10.6. The molecule has 1 aromatic heterocycles. The van der Waals surface area contributed by atoms with Crippen molar-refractivity contribution in [2.24, 2.45) is 0 Å². The summed E-state index contributed by atoms with van der Waals surface area (Å²) in [6.07, 6.45) is 3.61. The highest BCUT2D eigenvalue weighted by Crippen LogP contribution is 2.15. The summed E-state index contributed by atoms with van der Waals surface area (Å²) in [6.45, 7) is 4.24. The first kappa shape index (κ1) is 22.6. The standard InChI is InChI=1S/C25H30FN3O2/c1-3-20-8-5-11-23(17-20)27-25(30)29(14-7-15-31-2)19-24-12-6-13-28(24)18-21-9-4-10-22(26)16-21/h4-6,8-13,16-17H,3,7,14-15,18-19H2,1-2H3,(H,27,30). The van der Waals surface area contributed by atoms with Gasteiger partial charge in [-0.05, 0) is 60.4 Å². The predicted octanol–water partition coefficient (Wildman–Crippen LogP) is 5.31. The number of nitrogens with one attached hydrogen (secondary N) is 1. The minimum absolute atomic E-state index is 0.150. The number of anilines is 1. The lowest BCUT2D eigenvalue weighted by molar-refractivity contribution is 0.171. The largest absolute Gasteiger partial charge is 0.385 e. The Hall–Kier alpha value is -3.12. The summed E-state index contributed by atoms with van der Waals surface area (Å²) in [5, 5.41) is 3.02. The Balaban J connectivity index is 1.73. The number of halogens is 1. The van der Waals surface area contributed by atoms with Gasteiger partial charge < -0.3 is 19.5 Å². The van der Waals surface area contributed by atoms with Crippen LogP contribution in [0, 0.1) is 5.82 Å². The van der Waals surface area contributed by atoms with Crippen molar-refractivity contribution in [2.45, 2.75) is 32.9 Å². The molecule has 1 N–H and O–H groups in total. The van der Waals surface area contributed by atoms with Crippen LogP contribution >= 0.6 is 0 Å². The second-order valence-electron chi connectivity index (χ2n) is 7.51. The van der Waals surface area contributed by atoms with Gasteiger partial charge in [0.25, 0.3) is 0 Å². The van der Waals surface area contributed by atoms with Gasteiger partial charge in [-0.25, -0.2) is 9.18 Å². The monoisotopic (exact) mass is 423 g/mol. The van der Waals surface area contributed by atoms with E-state index < -0.39 is 0 Å². The third-order valence-electron chi connectivity index (χ3n) is 5.17. The lowest BCUT2D eigenvalue weighted by Gasteiger charge is -2.24. The number of nitrogens with zero attached hydrogens (tertiary/aromatic N) is 2. The molecule has 2 aromatic carbocycles. The third kappa shape index (κ3) is 6.69. The fraction of sp³-hybridized carbons (Fsp3) is 0.320. The molecule has 1 heterocycles. The molecule has 0 saturated carbocycles. The zero-order chi connectivity index (χ0) is 22.1. The van der Waals surface area contributed by atoms with Gasteiger partial charge in [-0.2, -0.15) is 0 Å². The molecule has 0 aliphatic rings. The van der Waals surface area contributed by atoms with E-state index in [9.17, 15) is 9.18 Å². The summed E-state index contributed by atoms with van der Waals surface area (Å²) in [5.74, 6) is -0.249. The van der Waals surface area contributed by atoms with Crippen molar-refractivity contribution in [3.63, 3.8) is 0 Å². The third-order valence-corrected chi connectivity index (χ3v) is 5.17. The minimum Gasteiger partial charge on any atom is -0.385 e. The molecular formula is C25H30FN3O2. The predicted molar refractivity (Wildman–Crippen MR) is 122 cm³/mol. The Labute approximate surface area is 183 Å².